The molecule has 0 aliphatic carbocycles. The third-order valence-corrected chi connectivity index (χ3v) is 2.96. The number of guanidine groups is 1. The summed E-state index contributed by atoms with van der Waals surface area (Å²) in [7, 11) is 0. The van der Waals surface area contributed by atoms with E-state index in [0.717, 1.165) is 35.9 Å². The Hall–Kier alpha value is -2.04. The maximum atomic E-state index is 11.7. The molecule has 102 valence electrons. The molecule has 0 spiro atoms. The first-order valence-electron chi connectivity index (χ1n) is 6.45. The van der Waals surface area contributed by atoms with Gasteiger partial charge in [0.2, 0.25) is 0 Å². The van der Waals surface area contributed by atoms with Crippen molar-refractivity contribution in [1.82, 2.24) is 5.32 Å². The maximum absolute atomic E-state index is 11.7. The van der Waals surface area contributed by atoms with E-state index in [1.165, 1.54) is 0 Å². The minimum atomic E-state index is -0.281. The first-order valence-corrected chi connectivity index (χ1v) is 6.45. The average molecular weight is 261 g/mol. The number of nitrogens with one attached hydrogen (secondary N) is 2. The monoisotopic (exact) mass is 261 g/mol. The van der Waals surface area contributed by atoms with Gasteiger partial charge in [0.05, 0.1) is 18.7 Å². The van der Waals surface area contributed by atoms with Crippen LogP contribution in [-0.2, 0) is 4.74 Å². The van der Waals surface area contributed by atoms with Crippen LogP contribution in [0.4, 0.5) is 5.69 Å². The van der Waals surface area contributed by atoms with Crippen molar-refractivity contribution in [3.05, 3.63) is 28.8 Å². The Kier molecular flexibility index (Phi) is 4.04. The number of carbonyl (C=O) groups is 1. The van der Waals surface area contributed by atoms with Gasteiger partial charge in [-0.3, -0.25) is 4.99 Å². The molecule has 1 aromatic rings. The third-order valence-electron chi connectivity index (χ3n) is 2.96. The highest BCUT2D eigenvalue weighted by Gasteiger charge is 2.13. The minimum absolute atomic E-state index is 0.281. The van der Waals surface area contributed by atoms with Crippen LogP contribution in [0.3, 0.4) is 0 Å². The summed E-state index contributed by atoms with van der Waals surface area (Å²) in [5, 5.41) is 6.43. The van der Waals surface area contributed by atoms with Gasteiger partial charge in [0, 0.05) is 12.2 Å². The standard InChI is InChI=1S/C14H19N3O2/c1-4-19-13(18)11-7-9(2)12(10(3)8-11)17-14-15-5-6-16-14/h7-8H,4-6H2,1-3H3,(H2,15,16,17). The fourth-order valence-electron chi connectivity index (χ4n) is 2.09. The third kappa shape index (κ3) is 3.05. The van der Waals surface area contributed by atoms with Gasteiger partial charge in [-0.25, -0.2) is 4.79 Å². The number of ether oxygens (including phenoxy) is 1. The van der Waals surface area contributed by atoms with Crippen LogP contribution in [0.2, 0.25) is 0 Å². The summed E-state index contributed by atoms with van der Waals surface area (Å²) in [6, 6.07) is 3.67. The molecule has 1 aliphatic rings. The maximum Gasteiger partial charge on any atom is 0.338 e. The summed E-state index contributed by atoms with van der Waals surface area (Å²) in [6.07, 6.45) is 0. The highest BCUT2D eigenvalue weighted by Crippen LogP contribution is 2.23. The highest BCUT2D eigenvalue weighted by atomic mass is 16.5. The predicted molar refractivity (Wildman–Crippen MR) is 75.8 cm³/mol. The number of rotatable bonds is 3. The van der Waals surface area contributed by atoms with Crippen LogP contribution < -0.4 is 10.6 Å². The molecule has 2 N–H and O–H groups in total. The lowest BCUT2D eigenvalue weighted by Gasteiger charge is -2.14. The molecule has 0 saturated heterocycles. The molecular weight excluding hydrogens is 242 g/mol. The van der Waals surface area contributed by atoms with E-state index in [1.54, 1.807) is 6.92 Å². The number of anilines is 1. The van der Waals surface area contributed by atoms with Crippen molar-refractivity contribution >= 4 is 17.6 Å². The van der Waals surface area contributed by atoms with E-state index in [4.69, 9.17) is 4.74 Å². The fourth-order valence-corrected chi connectivity index (χ4v) is 2.09. The van der Waals surface area contributed by atoms with Crippen molar-refractivity contribution in [2.24, 2.45) is 4.99 Å². The van der Waals surface area contributed by atoms with Gasteiger partial charge in [-0.15, -0.1) is 0 Å². The van der Waals surface area contributed by atoms with Gasteiger partial charge in [-0.1, -0.05) is 0 Å². The molecule has 1 aliphatic heterocycles. The Morgan fingerprint density at radius 3 is 2.63 bits per heavy atom. The van der Waals surface area contributed by atoms with E-state index in [9.17, 15) is 4.79 Å². The predicted octanol–water partition coefficient (Wildman–Crippen LogP) is 1.85. The van der Waals surface area contributed by atoms with Gasteiger partial charge in [-0.2, -0.15) is 0 Å². The van der Waals surface area contributed by atoms with Crippen molar-refractivity contribution in [2.45, 2.75) is 20.8 Å². The summed E-state index contributed by atoms with van der Waals surface area (Å²) < 4.78 is 5.02. The summed E-state index contributed by atoms with van der Waals surface area (Å²) >= 11 is 0. The minimum Gasteiger partial charge on any atom is -0.462 e. The zero-order chi connectivity index (χ0) is 13.8. The molecule has 0 saturated carbocycles. The number of esters is 1. The molecule has 19 heavy (non-hydrogen) atoms. The SMILES string of the molecule is CCOC(=O)c1cc(C)c(NC2=NCCN2)c(C)c1. The molecular formula is C14H19N3O2. The average Bonchev–Trinajstić information content (AvgIpc) is 2.86. The second-order valence-electron chi connectivity index (χ2n) is 4.49. The van der Waals surface area contributed by atoms with Crippen LogP contribution >= 0.6 is 0 Å². The van der Waals surface area contributed by atoms with E-state index in [1.807, 2.05) is 26.0 Å². The lowest BCUT2D eigenvalue weighted by atomic mass is 10.0. The zero-order valence-corrected chi connectivity index (χ0v) is 11.5. The Labute approximate surface area is 113 Å². The summed E-state index contributed by atoms with van der Waals surface area (Å²) in [5.41, 5.74) is 3.57. The summed E-state index contributed by atoms with van der Waals surface area (Å²) in [6.45, 7) is 7.78. The highest BCUT2D eigenvalue weighted by molar-refractivity contribution is 5.97. The molecule has 1 aromatic carbocycles. The van der Waals surface area contributed by atoms with E-state index in [0.29, 0.717) is 12.2 Å². The number of hydrogen-bond donors (Lipinski definition) is 2. The molecule has 0 atom stereocenters. The number of nitrogens with zero attached hydrogens (tertiary/aromatic N) is 1. The molecule has 0 unspecified atom stereocenters. The van der Waals surface area contributed by atoms with Gasteiger partial charge in [-0.05, 0) is 44.0 Å². The van der Waals surface area contributed by atoms with E-state index < -0.39 is 0 Å². The van der Waals surface area contributed by atoms with Crippen molar-refractivity contribution < 1.29 is 9.53 Å². The molecule has 1 heterocycles. The van der Waals surface area contributed by atoms with Crippen LogP contribution in [0.15, 0.2) is 17.1 Å². The van der Waals surface area contributed by atoms with Crippen molar-refractivity contribution in [2.75, 3.05) is 25.0 Å². The number of aryl methyl sites for hydroxylation is 2. The first kappa shape index (κ1) is 13.4. The first-order chi connectivity index (χ1) is 9.11. The van der Waals surface area contributed by atoms with Gasteiger partial charge in [0.25, 0.3) is 0 Å². The van der Waals surface area contributed by atoms with Crippen LogP contribution in [0.5, 0.6) is 0 Å². The second kappa shape index (κ2) is 5.73. The number of benzene rings is 1. The van der Waals surface area contributed by atoms with Gasteiger partial charge < -0.3 is 15.4 Å². The van der Waals surface area contributed by atoms with Crippen molar-refractivity contribution in [3.63, 3.8) is 0 Å². The van der Waals surface area contributed by atoms with E-state index in [-0.39, 0.29) is 5.97 Å². The molecule has 0 fully saturated rings. The Balaban J connectivity index is 2.24. The number of aliphatic imine (C=N–C) groups is 1. The molecule has 0 bridgehead atoms. The Bertz CT molecular complexity index is 500. The number of hydrogen-bond acceptors (Lipinski definition) is 5. The quantitative estimate of drug-likeness (QED) is 0.815. The van der Waals surface area contributed by atoms with Gasteiger partial charge in [0.15, 0.2) is 5.96 Å². The van der Waals surface area contributed by atoms with E-state index >= 15 is 0 Å². The summed E-state index contributed by atoms with van der Waals surface area (Å²) in [4.78, 5) is 16.0. The van der Waals surface area contributed by atoms with Crippen LogP contribution in [0, 0.1) is 13.8 Å². The number of carbonyl (C=O) groups excluding carboxylic acids is 1. The molecule has 2 rings (SSSR count). The Morgan fingerprint density at radius 1 is 1.42 bits per heavy atom. The van der Waals surface area contributed by atoms with Crippen molar-refractivity contribution in [3.8, 4) is 0 Å². The van der Waals surface area contributed by atoms with Gasteiger partial charge in [0.1, 0.15) is 0 Å². The van der Waals surface area contributed by atoms with Crippen LogP contribution in [0.25, 0.3) is 0 Å². The molecule has 5 nitrogen and oxygen atoms in total. The lowest BCUT2D eigenvalue weighted by molar-refractivity contribution is 0.0526. The summed E-state index contributed by atoms with van der Waals surface area (Å²) in [5.74, 6) is 0.506. The van der Waals surface area contributed by atoms with Crippen LogP contribution in [0.1, 0.15) is 28.4 Å². The van der Waals surface area contributed by atoms with Crippen LogP contribution in [-0.4, -0.2) is 31.6 Å². The molecule has 0 aromatic heterocycles. The normalized spacial score (nSPS) is 13.7. The zero-order valence-electron chi connectivity index (χ0n) is 11.5. The Morgan fingerprint density at radius 2 is 2.11 bits per heavy atom. The van der Waals surface area contributed by atoms with Gasteiger partial charge >= 0.3 is 5.97 Å². The fraction of sp³-hybridized carbons (Fsp3) is 0.429. The second-order valence-corrected chi connectivity index (χ2v) is 4.49. The smallest absolute Gasteiger partial charge is 0.338 e. The topological polar surface area (TPSA) is 62.7 Å². The molecule has 0 amide bonds. The lowest BCUT2D eigenvalue weighted by Crippen LogP contribution is -2.27. The molecule has 5 heteroatoms. The molecule has 0 radical (unpaired) electrons. The van der Waals surface area contributed by atoms with E-state index in [2.05, 4.69) is 15.6 Å². The van der Waals surface area contributed by atoms with Crippen molar-refractivity contribution in [1.29, 1.82) is 0 Å². The largest absolute Gasteiger partial charge is 0.462 e.